The lowest BCUT2D eigenvalue weighted by Crippen LogP contribution is -1.79. The molecule has 3 nitrogen and oxygen atoms in total. The lowest BCUT2D eigenvalue weighted by molar-refractivity contribution is 0.572. The summed E-state index contributed by atoms with van der Waals surface area (Å²) in [5, 5.41) is 3.08. The lowest BCUT2D eigenvalue weighted by Gasteiger charge is -1.85. The van der Waals surface area contributed by atoms with Crippen LogP contribution in [0.3, 0.4) is 0 Å². The first-order valence-corrected chi connectivity index (χ1v) is 4.62. The molecule has 2 aromatic heterocycles. The first kappa shape index (κ1) is 7.49. The van der Waals surface area contributed by atoms with Crippen molar-refractivity contribution in [1.82, 2.24) is 9.97 Å². The molecule has 12 heavy (non-hydrogen) atoms. The second-order valence-electron chi connectivity index (χ2n) is 2.32. The predicted octanol–water partition coefficient (Wildman–Crippen LogP) is 2.36. The van der Waals surface area contributed by atoms with Crippen LogP contribution in [0.4, 0.5) is 0 Å². The van der Waals surface area contributed by atoms with Gasteiger partial charge in [-0.3, -0.25) is 0 Å². The molecule has 0 aliphatic heterocycles. The minimum absolute atomic E-state index is 0.603. The highest BCUT2D eigenvalue weighted by molar-refractivity contribution is 7.09. The minimum atomic E-state index is 0.603. The number of aromatic nitrogens is 2. The van der Waals surface area contributed by atoms with Crippen molar-refractivity contribution in [3.8, 4) is 11.6 Å². The second-order valence-corrected chi connectivity index (χ2v) is 3.26. The fourth-order valence-corrected chi connectivity index (χ4v) is 1.64. The van der Waals surface area contributed by atoms with Gasteiger partial charge >= 0.3 is 0 Å². The van der Waals surface area contributed by atoms with Crippen LogP contribution in [0.5, 0.6) is 0 Å². The maximum absolute atomic E-state index is 5.11. The van der Waals surface area contributed by atoms with E-state index in [1.165, 1.54) is 0 Å². The molecular weight excluding hydrogens is 172 g/mol. The normalized spacial score (nSPS) is 10.4. The molecule has 0 N–H and O–H groups in total. The van der Waals surface area contributed by atoms with Crippen molar-refractivity contribution in [2.24, 2.45) is 0 Å². The summed E-state index contributed by atoms with van der Waals surface area (Å²) in [6.07, 6.45) is 4.14. The molecule has 0 aliphatic rings. The Morgan fingerprint density at radius 3 is 3.08 bits per heavy atom. The van der Waals surface area contributed by atoms with E-state index in [9.17, 15) is 0 Å². The molecule has 0 saturated heterocycles. The topological polar surface area (TPSA) is 38.9 Å². The van der Waals surface area contributed by atoms with Crippen molar-refractivity contribution in [2.45, 2.75) is 13.3 Å². The van der Waals surface area contributed by atoms with Crippen LogP contribution in [0, 0.1) is 0 Å². The van der Waals surface area contributed by atoms with Gasteiger partial charge in [-0.2, -0.15) is 0 Å². The molecule has 0 aliphatic carbocycles. The van der Waals surface area contributed by atoms with Gasteiger partial charge in [0.15, 0.2) is 0 Å². The third-order valence-corrected chi connectivity index (χ3v) is 2.50. The van der Waals surface area contributed by atoms with E-state index in [4.69, 9.17) is 4.42 Å². The van der Waals surface area contributed by atoms with Crippen molar-refractivity contribution in [3.63, 3.8) is 0 Å². The molecule has 2 heterocycles. The molecule has 2 aromatic rings. The van der Waals surface area contributed by atoms with Crippen LogP contribution < -0.4 is 0 Å². The van der Waals surface area contributed by atoms with Crippen molar-refractivity contribution in [3.05, 3.63) is 22.8 Å². The zero-order chi connectivity index (χ0) is 8.39. The monoisotopic (exact) mass is 180 g/mol. The first-order valence-electron chi connectivity index (χ1n) is 3.74. The van der Waals surface area contributed by atoms with Crippen LogP contribution in [0.2, 0.25) is 0 Å². The average molecular weight is 180 g/mol. The van der Waals surface area contributed by atoms with Gasteiger partial charge in [-0.25, -0.2) is 9.97 Å². The number of hydrogen-bond donors (Lipinski definition) is 0. The molecule has 0 unspecified atom stereocenters. The quantitative estimate of drug-likeness (QED) is 0.712. The number of nitrogens with zero attached hydrogens (tertiary/aromatic N) is 2. The summed E-state index contributed by atoms with van der Waals surface area (Å²) in [4.78, 5) is 8.35. The molecule has 62 valence electrons. The van der Waals surface area contributed by atoms with E-state index < -0.39 is 0 Å². The Bertz CT molecular complexity index is 353. The highest BCUT2D eigenvalue weighted by atomic mass is 32.1. The summed E-state index contributed by atoms with van der Waals surface area (Å²) >= 11 is 1.64. The maximum atomic E-state index is 5.11. The molecule has 2 rings (SSSR count). The van der Waals surface area contributed by atoms with E-state index in [0.29, 0.717) is 5.89 Å². The van der Waals surface area contributed by atoms with E-state index in [-0.39, 0.29) is 0 Å². The number of oxazole rings is 1. The van der Waals surface area contributed by atoms with Gasteiger partial charge in [0.1, 0.15) is 12.0 Å². The summed E-state index contributed by atoms with van der Waals surface area (Å²) in [7, 11) is 0. The zero-order valence-electron chi connectivity index (χ0n) is 6.65. The SMILES string of the molecule is CCc1nc(-c2ncco2)cs1. The fraction of sp³-hybridized carbons (Fsp3) is 0.250. The standard InChI is InChI=1S/C8H8N2OS/c1-2-7-10-6(5-12-7)8-9-3-4-11-8/h3-5H,2H2,1H3. The van der Waals surface area contributed by atoms with E-state index in [2.05, 4.69) is 16.9 Å². The summed E-state index contributed by atoms with van der Waals surface area (Å²) < 4.78 is 5.11. The van der Waals surface area contributed by atoms with Gasteiger partial charge in [0.2, 0.25) is 5.89 Å². The number of thiazole rings is 1. The van der Waals surface area contributed by atoms with Gasteiger partial charge in [0.05, 0.1) is 11.2 Å². The van der Waals surface area contributed by atoms with Gasteiger partial charge in [-0.15, -0.1) is 11.3 Å². The van der Waals surface area contributed by atoms with Crippen molar-refractivity contribution in [1.29, 1.82) is 0 Å². The third-order valence-electron chi connectivity index (χ3n) is 1.51. The van der Waals surface area contributed by atoms with Crippen molar-refractivity contribution >= 4 is 11.3 Å². The molecule has 0 saturated carbocycles. The van der Waals surface area contributed by atoms with Crippen LogP contribution in [0.15, 0.2) is 22.3 Å². The number of aryl methyl sites for hydroxylation is 1. The third kappa shape index (κ3) is 1.25. The van der Waals surface area contributed by atoms with E-state index >= 15 is 0 Å². The van der Waals surface area contributed by atoms with E-state index in [0.717, 1.165) is 17.1 Å². The van der Waals surface area contributed by atoms with Gasteiger partial charge in [-0.05, 0) is 6.42 Å². The molecule has 0 spiro atoms. The fourth-order valence-electron chi connectivity index (χ4n) is 0.921. The summed E-state index contributed by atoms with van der Waals surface area (Å²) in [5.41, 5.74) is 0.835. The Morgan fingerprint density at radius 2 is 2.50 bits per heavy atom. The number of rotatable bonds is 2. The Balaban J connectivity index is 2.35. The zero-order valence-corrected chi connectivity index (χ0v) is 7.47. The Morgan fingerprint density at radius 1 is 1.58 bits per heavy atom. The van der Waals surface area contributed by atoms with Crippen molar-refractivity contribution < 1.29 is 4.42 Å². The molecule has 0 radical (unpaired) electrons. The van der Waals surface area contributed by atoms with Gasteiger partial charge in [0.25, 0.3) is 0 Å². The smallest absolute Gasteiger partial charge is 0.245 e. The lowest BCUT2D eigenvalue weighted by atomic mass is 10.5. The molecule has 0 aromatic carbocycles. The second kappa shape index (κ2) is 3.06. The average Bonchev–Trinajstić information content (AvgIpc) is 2.75. The van der Waals surface area contributed by atoms with Gasteiger partial charge in [-0.1, -0.05) is 6.92 Å². The molecule has 0 bridgehead atoms. The molecular formula is C8H8N2OS. The highest BCUT2D eigenvalue weighted by Gasteiger charge is 2.06. The Labute approximate surface area is 74.1 Å². The van der Waals surface area contributed by atoms with Crippen LogP contribution in [-0.4, -0.2) is 9.97 Å². The summed E-state index contributed by atoms with van der Waals surface area (Å²) in [6, 6.07) is 0. The van der Waals surface area contributed by atoms with Crippen molar-refractivity contribution in [2.75, 3.05) is 0 Å². The molecule has 4 heteroatoms. The highest BCUT2D eigenvalue weighted by Crippen LogP contribution is 2.19. The van der Waals surface area contributed by atoms with Crippen LogP contribution in [0.25, 0.3) is 11.6 Å². The maximum Gasteiger partial charge on any atom is 0.245 e. The van der Waals surface area contributed by atoms with Gasteiger partial charge in [0, 0.05) is 5.38 Å². The van der Waals surface area contributed by atoms with Crippen LogP contribution >= 0.6 is 11.3 Å². The van der Waals surface area contributed by atoms with Crippen LogP contribution in [-0.2, 0) is 6.42 Å². The van der Waals surface area contributed by atoms with E-state index in [1.54, 1.807) is 23.8 Å². The molecule has 0 atom stereocenters. The summed E-state index contributed by atoms with van der Waals surface area (Å²) in [5.74, 6) is 0.603. The van der Waals surface area contributed by atoms with Gasteiger partial charge < -0.3 is 4.42 Å². The Kier molecular flexibility index (Phi) is 1.91. The first-order chi connectivity index (χ1) is 5.90. The Hall–Kier alpha value is -1.16. The minimum Gasteiger partial charge on any atom is -0.443 e. The van der Waals surface area contributed by atoms with Crippen LogP contribution in [0.1, 0.15) is 11.9 Å². The van der Waals surface area contributed by atoms with E-state index in [1.807, 2.05) is 5.38 Å². The molecule has 0 amide bonds. The number of hydrogen-bond acceptors (Lipinski definition) is 4. The molecule has 0 fully saturated rings. The predicted molar refractivity (Wildman–Crippen MR) is 47.0 cm³/mol. The summed E-state index contributed by atoms with van der Waals surface area (Å²) in [6.45, 7) is 2.08. The largest absolute Gasteiger partial charge is 0.443 e.